The zero-order valence-electron chi connectivity index (χ0n) is 18.6. The lowest BCUT2D eigenvalue weighted by Gasteiger charge is -2.11. The normalized spacial score (nSPS) is 9.03. The van der Waals surface area contributed by atoms with Crippen molar-refractivity contribution in [3.05, 3.63) is 89.0 Å². The van der Waals surface area contributed by atoms with Gasteiger partial charge in [0.05, 0.1) is 0 Å². The summed E-state index contributed by atoms with van der Waals surface area (Å²) >= 11 is 0. The lowest BCUT2D eigenvalue weighted by atomic mass is 9.97. The Morgan fingerprint density at radius 2 is 0.759 bits per heavy atom. The predicted octanol–water partition coefficient (Wildman–Crippen LogP) is 7.06. The monoisotopic (exact) mass is 396 g/mol. The molecule has 0 spiro atoms. The van der Waals surface area contributed by atoms with Crippen molar-refractivity contribution in [3.63, 3.8) is 0 Å². The van der Waals surface area contributed by atoms with Crippen LogP contribution in [0.4, 0.5) is 0 Å². The van der Waals surface area contributed by atoms with E-state index in [4.69, 9.17) is 0 Å². The van der Waals surface area contributed by atoms with Gasteiger partial charge in [-0.2, -0.15) is 0 Å². The van der Waals surface area contributed by atoms with E-state index in [9.17, 15) is 15.3 Å². The molecule has 0 aliphatic rings. The van der Waals surface area contributed by atoms with E-state index in [0.717, 1.165) is 22.3 Å². The van der Waals surface area contributed by atoms with Crippen LogP contribution in [0.5, 0.6) is 17.2 Å². The minimum absolute atomic E-state index is 0.207. The van der Waals surface area contributed by atoms with Crippen LogP contribution in [0.1, 0.15) is 63.8 Å². The first-order valence-electron chi connectivity index (χ1n) is 10.5. The summed E-state index contributed by atoms with van der Waals surface area (Å²) in [4.78, 5) is 0. The fourth-order valence-electron chi connectivity index (χ4n) is 2.66. The number of rotatable bonds is 4. The minimum Gasteiger partial charge on any atom is -0.508 e. The molecule has 0 saturated heterocycles. The van der Waals surface area contributed by atoms with Crippen LogP contribution in [0.25, 0.3) is 0 Å². The lowest BCUT2D eigenvalue weighted by molar-refractivity contribution is 0.457. The highest BCUT2D eigenvalue weighted by atomic mass is 16.3. The highest BCUT2D eigenvalue weighted by molar-refractivity contribution is 5.48. The van der Waals surface area contributed by atoms with Crippen molar-refractivity contribution in [2.45, 2.75) is 54.4 Å². The number of aromatic hydroxyl groups is 3. The molecule has 158 valence electrons. The molecule has 0 fully saturated rings. The Hall–Kier alpha value is -2.94. The standard InChI is InChI=1S/C20H18O3.3C2H6/c21-18-10-3-1-6-14(18)12-16-8-5-9-17(20(16)23)13-15-7-2-4-11-19(15)22;3*1-2/h1-11,21-23H,12-13H2;3*1-2H3. The molecule has 3 heteroatoms. The summed E-state index contributed by atoms with van der Waals surface area (Å²) in [5, 5.41) is 30.3. The molecule has 0 atom stereocenters. The molecule has 3 nitrogen and oxygen atoms in total. The Bertz CT molecular complexity index is 760. The Balaban J connectivity index is 0.00000120. The maximum absolute atomic E-state index is 10.5. The Labute approximate surface area is 176 Å². The molecule has 29 heavy (non-hydrogen) atoms. The van der Waals surface area contributed by atoms with Crippen LogP contribution in [0.2, 0.25) is 0 Å². The zero-order chi connectivity index (χ0) is 22.2. The largest absolute Gasteiger partial charge is 0.508 e. The van der Waals surface area contributed by atoms with Gasteiger partial charge in [-0.3, -0.25) is 0 Å². The van der Waals surface area contributed by atoms with Crippen LogP contribution in [0, 0.1) is 0 Å². The van der Waals surface area contributed by atoms with Crippen LogP contribution in [0.3, 0.4) is 0 Å². The van der Waals surface area contributed by atoms with Gasteiger partial charge < -0.3 is 15.3 Å². The van der Waals surface area contributed by atoms with Gasteiger partial charge in [-0.05, 0) is 34.4 Å². The summed E-state index contributed by atoms with van der Waals surface area (Å²) in [6, 6.07) is 19.8. The van der Waals surface area contributed by atoms with Crippen molar-refractivity contribution in [2.24, 2.45) is 0 Å². The number of para-hydroxylation sites is 3. The maximum atomic E-state index is 10.5. The summed E-state index contributed by atoms with van der Waals surface area (Å²) in [6.45, 7) is 12.0. The van der Waals surface area contributed by atoms with Crippen molar-refractivity contribution < 1.29 is 15.3 Å². The smallest absolute Gasteiger partial charge is 0.122 e. The first kappa shape index (κ1) is 26.1. The van der Waals surface area contributed by atoms with E-state index in [-0.39, 0.29) is 17.2 Å². The van der Waals surface area contributed by atoms with E-state index in [1.54, 1.807) is 24.3 Å². The van der Waals surface area contributed by atoms with Gasteiger partial charge in [0.25, 0.3) is 0 Å². The SMILES string of the molecule is CC.CC.CC.Oc1ccccc1Cc1cccc(Cc2ccccc2O)c1O. The first-order chi connectivity index (χ1) is 14.1. The zero-order valence-corrected chi connectivity index (χ0v) is 18.6. The van der Waals surface area contributed by atoms with Crippen LogP contribution in [-0.2, 0) is 12.8 Å². The molecule has 0 aliphatic heterocycles. The average Bonchev–Trinajstić information content (AvgIpc) is 2.78. The molecular weight excluding hydrogens is 360 g/mol. The second kappa shape index (κ2) is 15.0. The highest BCUT2D eigenvalue weighted by Gasteiger charge is 2.11. The molecule has 0 amide bonds. The molecule has 3 aromatic rings. The van der Waals surface area contributed by atoms with Gasteiger partial charge in [-0.15, -0.1) is 0 Å². The Morgan fingerprint density at radius 3 is 1.10 bits per heavy atom. The Morgan fingerprint density at radius 1 is 0.448 bits per heavy atom. The molecule has 0 aromatic heterocycles. The second-order valence-corrected chi connectivity index (χ2v) is 5.54. The van der Waals surface area contributed by atoms with Crippen LogP contribution >= 0.6 is 0 Å². The summed E-state index contributed by atoms with van der Waals surface area (Å²) in [6.07, 6.45) is 0.903. The molecule has 0 aliphatic carbocycles. The van der Waals surface area contributed by atoms with Gasteiger partial charge in [-0.1, -0.05) is 96.1 Å². The predicted molar refractivity (Wildman–Crippen MR) is 124 cm³/mol. The lowest BCUT2D eigenvalue weighted by Crippen LogP contribution is -1.95. The molecule has 0 bridgehead atoms. The maximum Gasteiger partial charge on any atom is 0.122 e. The molecule has 3 rings (SSSR count). The topological polar surface area (TPSA) is 60.7 Å². The molecule has 0 heterocycles. The van der Waals surface area contributed by atoms with E-state index in [2.05, 4.69) is 0 Å². The van der Waals surface area contributed by atoms with Crippen molar-refractivity contribution in [2.75, 3.05) is 0 Å². The van der Waals surface area contributed by atoms with E-state index in [0.29, 0.717) is 12.8 Å². The number of benzene rings is 3. The fraction of sp³-hybridized carbons (Fsp3) is 0.308. The van der Waals surface area contributed by atoms with Crippen molar-refractivity contribution >= 4 is 0 Å². The average molecular weight is 397 g/mol. The van der Waals surface area contributed by atoms with E-state index >= 15 is 0 Å². The molecule has 0 unspecified atom stereocenters. The number of phenols is 3. The van der Waals surface area contributed by atoms with E-state index < -0.39 is 0 Å². The quantitative estimate of drug-likeness (QED) is 0.442. The molecule has 0 radical (unpaired) electrons. The van der Waals surface area contributed by atoms with Gasteiger partial charge in [0.15, 0.2) is 0 Å². The number of hydrogen-bond acceptors (Lipinski definition) is 3. The van der Waals surface area contributed by atoms with Gasteiger partial charge in [0.2, 0.25) is 0 Å². The first-order valence-corrected chi connectivity index (χ1v) is 10.5. The van der Waals surface area contributed by atoms with Gasteiger partial charge in [0.1, 0.15) is 17.2 Å². The van der Waals surface area contributed by atoms with Crippen molar-refractivity contribution in [1.82, 2.24) is 0 Å². The van der Waals surface area contributed by atoms with Crippen LogP contribution in [0.15, 0.2) is 66.7 Å². The highest BCUT2D eigenvalue weighted by Crippen LogP contribution is 2.30. The summed E-state index contributed by atoms with van der Waals surface area (Å²) in [5.41, 5.74) is 3.03. The van der Waals surface area contributed by atoms with Gasteiger partial charge in [0, 0.05) is 12.8 Å². The third-order valence-corrected chi connectivity index (χ3v) is 3.95. The van der Waals surface area contributed by atoms with Gasteiger partial charge >= 0.3 is 0 Å². The van der Waals surface area contributed by atoms with E-state index in [1.165, 1.54) is 0 Å². The summed E-state index contributed by atoms with van der Waals surface area (Å²) in [7, 11) is 0. The third-order valence-electron chi connectivity index (χ3n) is 3.95. The van der Waals surface area contributed by atoms with E-state index in [1.807, 2.05) is 84.0 Å². The number of hydrogen-bond donors (Lipinski definition) is 3. The second-order valence-electron chi connectivity index (χ2n) is 5.54. The summed E-state index contributed by atoms with van der Waals surface area (Å²) < 4.78 is 0. The number of phenolic OH excluding ortho intramolecular Hbond substituents is 3. The van der Waals surface area contributed by atoms with Crippen LogP contribution in [-0.4, -0.2) is 15.3 Å². The van der Waals surface area contributed by atoms with Crippen LogP contribution < -0.4 is 0 Å². The molecule has 3 N–H and O–H groups in total. The molecular formula is C26H36O3. The molecule has 3 aromatic carbocycles. The summed E-state index contributed by atoms with van der Waals surface area (Å²) in [5.74, 6) is 0.648. The fourth-order valence-corrected chi connectivity index (χ4v) is 2.66. The van der Waals surface area contributed by atoms with Crippen molar-refractivity contribution in [3.8, 4) is 17.2 Å². The van der Waals surface area contributed by atoms with Gasteiger partial charge in [-0.25, -0.2) is 0 Å². The third kappa shape index (κ3) is 7.90. The minimum atomic E-state index is 0.207. The molecule has 0 saturated carbocycles. The Kier molecular flexibility index (Phi) is 13.5. The van der Waals surface area contributed by atoms with Crippen molar-refractivity contribution in [1.29, 1.82) is 0 Å².